The number of hydroxylamine groups is 2. The molecule has 6 nitrogen and oxygen atoms in total. The minimum absolute atomic E-state index is 0.000577. The Kier molecular flexibility index (Phi) is 4.62. The molecule has 2 aliphatic heterocycles. The molecule has 0 radical (unpaired) electrons. The van der Waals surface area contributed by atoms with Crippen molar-refractivity contribution in [1.29, 1.82) is 0 Å². The minimum Gasteiger partial charge on any atom is -0.459 e. The number of rotatable bonds is 6. The van der Waals surface area contributed by atoms with E-state index in [-0.39, 0.29) is 31.3 Å². The zero-order chi connectivity index (χ0) is 16.2. The molecule has 2 bridgehead atoms. The third-order valence-electron chi connectivity index (χ3n) is 4.15. The van der Waals surface area contributed by atoms with Crippen LogP contribution in [0.25, 0.3) is 0 Å². The number of nitrogens with zero attached hydrogens (tertiary/aromatic N) is 2. The van der Waals surface area contributed by atoms with Crippen LogP contribution in [0.15, 0.2) is 43.0 Å². The Bertz CT molecular complexity index is 590. The van der Waals surface area contributed by atoms with Gasteiger partial charge >= 0.3 is 12.0 Å². The number of carbonyl (C=O) groups excluding carboxylic acids is 2. The normalized spacial score (nSPS) is 23.0. The highest BCUT2D eigenvalue weighted by Gasteiger charge is 2.48. The quantitative estimate of drug-likeness (QED) is 0.596. The van der Waals surface area contributed by atoms with E-state index in [9.17, 15) is 9.59 Å². The Morgan fingerprint density at radius 2 is 2.09 bits per heavy atom. The lowest BCUT2D eigenvalue weighted by Crippen LogP contribution is -2.45. The largest absolute Gasteiger partial charge is 0.459 e. The molecule has 0 aliphatic carbocycles. The van der Waals surface area contributed by atoms with Gasteiger partial charge in [0.05, 0.1) is 12.6 Å². The fraction of sp³-hybridized carbons (Fsp3) is 0.412. The predicted octanol–water partition coefficient (Wildman–Crippen LogP) is 2.12. The standard InChI is InChI=1S/C17H20N2O4/c1-2-10-23-19-14-8-9-15(18(11-14)17(19)21)16(20)22-12-13-6-4-3-5-7-13/h2-7,14-15H,1,8-12H2/t14-,15-/m0/s1. The molecule has 23 heavy (non-hydrogen) atoms. The van der Waals surface area contributed by atoms with Crippen molar-refractivity contribution in [3.8, 4) is 0 Å². The molecular formula is C17H20N2O4. The van der Waals surface area contributed by atoms with Gasteiger partial charge < -0.3 is 9.64 Å². The third kappa shape index (κ3) is 3.22. The molecule has 0 spiro atoms. The van der Waals surface area contributed by atoms with Crippen molar-refractivity contribution in [3.05, 3.63) is 48.6 Å². The van der Waals surface area contributed by atoms with E-state index < -0.39 is 6.04 Å². The van der Waals surface area contributed by atoms with Crippen LogP contribution in [0.1, 0.15) is 18.4 Å². The van der Waals surface area contributed by atoms with E-state index in [4.69, 9.17) is 9.57 Å². The number of piperidine rings is 1. The fourth-order valence-electron chi connectivity index (χ4n) is 3.00. The van der Waals surface area contributed by atoms with Gasteiger partial charge in [0.25, 0.3) is 0 Å². The van der Waals surface area contributed by atoms with Crippen LogP contribution in [0.4, 0.5) is 4.79 Å². The molecule has 2 saturated heterocycles. The summed E-state index contributed by atoms with van der Waals surface area (Å²) in [5, 5.41) is 1.37. The second kappa shape index (κ2) is 6.83. The highest BCUT2D eigenvalue weighted by Crippen LogP contribution is 2.30. The molecule has 0 unspecified atom stereocenters. The number of ether oxygens (including phenoxy) is 1. The van der Waals surface area contributed by atoms with E-state index in [1.54, 1.807) is 11.0 Å². The molecule has 2 atom stereocenters. The SMILES string of the molecule is C=CCON1C(=O)N2C[C@@H]1CC[C@H]2C(=O)OCc1ccccc1. The minimum atomic E-state index is -0.528. The zero-order valence-corrected chi connectivity index (χ0v) is 12.9. The number of benzene rings is 1. The molecule has 3 rings (SSSR count). The first-order chi connectivity index (χ1) is 11.2. The zero-order valence-electron chi connectivity index (χ0n) is 12.9. The summed E-state index contributed by atoms with van der Waals surface area (Å²) in [5.41, 5.74) is 0.929. The smallest absolute Gasteiger partial charge is 0.345 e. The summed E-state index contributed by atoms with van der Waals surface area (Å²) in [6.45, 7) is 4.58. The second-order valence-electron chi connectivity index (χ2n) is 5.69. The van der Waals surface area contributed by atoms with E-state index in [0.717, 1.165) is 12.0 Å². The summed E-state index contributed by atoms with van der Waals surface area (Å²) in [4.78, 5) is 31.7. The maximum absolute atomic E-state index is 12.4. The van der Waals surface area contributed by atoms with Gasteiger partial charge in [0.15, 0.2) is 0 Å². The van der Waals surface area contributed by atoms with E-state index in [2.05, 4.69) is 6.58 Å². The molecule has 0 aromatic heterocycles. The Morgan fingerprint density at radius 1 is 1.30 bits per heavy atom. The van der Waals surface area contributed by atoms with E-state index in [0.29, 0.717) is 13.0 Å². The van der Waals surface area contributed by atoms with Gasteiger partial charge in [0.2, 0.25) is 0 Å². The summed E-state index contributed by atoms with van der Waals surface area (Å²) >= 11 is 0. The van der Waals surface area contributed by atoms with Crippen molar-refractivity contribution < 1.29 is 19.2 Å². The Morgan fingerprint density at radius 3 is 2.83 bits per heavy atom. The van der Waals surface area contributed by atoms with Crippen LogP contribution in [0.3, 0.4) is 0 Å². The highest BCUT2D eigenvalue weighted by molar-refractivity contribution is 5.85. The van der Waals surface area contributed by atoms with Gasteiger partial charge in [0.1, 0.15) is 12.6 Å². The molecule has 2 aliphatic rings. The van der Waals surface area contributed by atoms with Gasteiger partial charge in [-0.3, -0.25) is 4.84 Å². The lowest BCUT2D eigenvalue weighted by atomic mass is 10.0. The molecular weight excluding hydrogens is 296 g/mol. The maximum atomic E-state index is 12.4. The van der Waals surface area contributed by atoms with Gasteiger partial charge in [-0.15, -0.1) is 6.58 Å². The van der Waals surface area contributed by atoms with Crippen LogP contribution >= 0.6 is 0 Å². The molecule has 2 fully saturated rings. The Labute approximate surface area is 135 Å². The second-order valence-corrected chi connectivity index (χ2v) is 5.69. The molecule has 1 aromatic carbocycles. The van der Waals surface area contributed by atoms with Gasteiger partial charge in [-0.25, -0.2) is 9.59 Å². The van der Waals surface area contributed by atoms with Crippen molar-refractivity contribution in [2.45, 2.75) is 31.5 Å². The van der Waals surface area contributed by atoms with Crippen LogP contribution in [0, 0.1) is 0 Å². The topological polar surface area (TPSA) is 59.1 Å². The summed E-state index contributed by atoms with van der Waals surface area (Å²) in [5.74, 6) is -0.355. The fourth-order valence-corrected chi connectivity index (χ4v) is 3.00. The van der Waals surface area contributed by atoms with Gasteiger partial charge in [-0.1, -0.05) is 36.4 Å². The van der Waals surface area contributed by atoms with E-state index in [1.165, 1.54) is 5.06 Å². The van der Waals surface area contributed by atoms with Crippen molar-refractivity contribution in [1.82, 2.24) is 9.96 Å². The number of urea groups is 1. The number of carbonyl (C=O) groups is 2. The van der Waals surface area contributed by atoms with Crippen LogP contribution < -0.4 is 0 Å². The van der Waals surface area contributed by atoms with E-state index >= 15 is 0 Å². The summed E-state index contributed by atoms with van der Waals surface area (Å²) in [6.07, 6.45) is 2.92. The van der Waals surface area contributed by atoms with E-state index in [1.807, 2.05) is 30.3 Å². The first-order valence-corrected chi connectivity index (χ1v) is 7.75. The average Bonchev–Trinajstić information content (AvgIpc) is 2.83. The number of hydrogen-bond acceptors (Lipinski definition) is 4. The molecule has 2 heterocycles. The number of fused-ring (bicyclic) bond motifs is 2. The lowest BCUT2D eigenvalue weighted by Gasteiger charge is -2.28. The Hall–Kier alpha value is -2.34. The average molecular weight is 316 g/mol. The van der Waals surface area contributed by atoms with Crippen LogP contribution in [0.2, 0.25) is 0 Å². The monoisotopic (exact) mass is 316 g/mol. The van der Waals surface area contributed by atoms with Crippen molar-refractivity contribution in [3.63, 3.8) is 0 Å². The molecule has 122 valence electrons. The predicted molar refractivity (Wildman–Crippen MR) is 83.1 cm³/mol. The lowest BCUT2D eigenvalue weighted by molar-refractivity contribution is -0.151. The highest BCUT2D eigenvalue weighted by atomic mass is 16.7. The van der Waals surface area contributed by atoms with Crippen molar-refractivity contribution in [2.24, 2.45) is 0 Å². The summed E-state index contributed by atoms with van der Waals surface area (Å²) in [7, 11) is 0. The van der Waals surface area contributed by atoms with Crippen LogP contribution in [-0.4, -0.2) is 47.2 Å². The van der Waals surface area contributed by atoms with Gasteiger partial charge in [0, 0.05) is 6.54 Å². The maximum Gasteiger partial charge on any atom is 0.345 e. The van der Waals surface area contributed by atoms with Crippen molar-refractivity contribution >= 4 is 12.0 Å². The molecule has 1 aromatic rings. The molecule has 6 heteroatoms. The molecule has 0 saturated carbocycles. The van der Waals surface area contributed by atoms with Crippen LogP contribution in [0.5, 0.6) is 0 Å². The number of hydrogen-bond donors (Lipinski definition) is 0. The summed E-state index contributed by atoms with van der Waals surface area (Å²) in [6, 6.07) is 8.70. The Balaban J connectivity index is 1.60. The van der Waals surface area contributed by atoms with Crippen molar-refractivity contribution in [2.75, 3.05) is 13.2 Å². The first kappa shape index (κ1) is 15.6. The van der Waals surface area contributed by atoms with Gasteiger partial charge in [-0.2, -0.15) is 5.06 Å². The summed E-state index contributed by atoms with van der Waals surface area (Å²) < 4.78 is 5.37. The number of esters is 1. The van der Waals surface area contributed by atoms with Crippen LogP contribution in [-0.2, 0) is 21.0 Å². The third-order valence-corrected chi connectivity index (χ3v) is 4.15. The van der Waals surface area contributed by atoms with Gasteiger partial charge in [-0.05, 0) is 18.4 Å². The number of amides is 2. The molecule has 0 N–H and O–H groups in total. The molecule has 2 amide bonds. The first-order valence-electron chi connectivity index (χ1n) is 7.75.